The molecule has 5 heteroatoms. The van der Waals surface area contributed by atoms with Crippen molar-refractivity contribution in [2.45, 2.75) is 57.7 Å². The Bertz CT molecular complexity index is 542. The summed E-state index contributed by atoms with van der Waals surface area (Å²) < 4.78 is 5.70. The molecule has 0 aliphatic carbocycles. The molecule has 26 heavy (non-hydrogen) atoms. The monoisotopic (exact) mass is 358 g/mol. The van der Waals surface area contributed by atoms with E-state index in [0.29, 0.717) is 12.1 Å². The SMILES string of the molecule is CCNC(=NCC1CCCN1Cc1ccccc1)NCCC1CCCO1. The summed E-state index contributed by atoms with van der Waals surface area (Å²) in [6, 6.07) is 11.3. The molecule has 3 rings (SSSR count). The van der Waals surface area contributed by atoms with Gasteiger partial charge in [-0.2, -0.15) is 0 Å². The van der Waals surface area contributed by atoms with Crippen LogP contribution in [0.3, 0.4) is 0 Å². The maximum atomic E-state index is 5.70. The van der Waals surface area contributed by atoms with E-state index in [1.54, 1.807) is 0 Å². The van der Waals surface area contributed by atoms with Crippen LogP contribution in [0, 0.1) is 0 Å². The van der Waals surface area contributed by atoms with E-state index in [2.05, 4.69) is 52.8 Å². The molecule has 1 aromatic carbocycles. The molecule has 2 aliphatic heterocycles. The van der Waals surface area contributed by atoms with Gasteiger partial charge >= 0.3 is 0 Å². The molecule has 5 nitrogen and oxygen atoms in total. The second kappa shape index (κ2) is 10.5. The molecule has 2 fully saturated rings. The van der Waals surface area contributed by atoms with Crippen molar-refractivity contribution in [1.82, 2.24) is 15.5 Å². The summed E-state index contributed by atoms with van der Waals surface area (Å²) in [5.74, 6) is 0.942. The van der Waals surface area contributed by atoms with Crippen molar-refractivity contribution >= 4 is 5.96 Å². The number of hydrogen-bond acceptors (Lipinski definition) is 3. The lowest BCUT2D eigenvalue weighted by Crippen LogP contribution is -2.40. The van der Waals surface area contributed by atoms with Crippen LogP contribution in [0.2, 0.25) is 0 Å². The third-order valence-electron chi connectivity index (χ3n) is 5.31. The van der Waals surface area contributed by atoms with Crippen molar-refractivity contribution in [3.05, 3.63) is 35.9 Å². The van der Waals surface area contributed by atoms with Crippen LogP contribution in [0.15, 0.2) is 35.3 Å². The van der Waals surface area contributed by atoms with E-state index < -0.39 is 0 Å². The Labute approximate surface area is 158 Å². The van der Waals surface area contributed by atoms with Crippen LogP contribution in [-0.4, -0.2) is 55.8 Å². The standard InChI is InChI=1S/C21H34N4O/c1-2-22-21(23-13-12-20-11-7-15-26-20)24-16-19-10-6-14-25(19)17-18-8-4-3-5-9-18/h3-5,8-9,19-20H,2,6-7,10-17H2,1H3,(H2,22,23,24). The maximum absolute atomic E-state index is 5.70. The van der Waals surface area contributed by atoms with E-state index in [1.807, 2.05) is 0 Å². The molecule has 2 unspecified atom stereocenters. The van der Waals surface area contributed by atoms with E-state index in [0.717, 1.165) is 45.2 Å². The first-order valence-electron chi connectivity index (χ1n) is 10.3. The lowest BCUT2D eigenvalue weighted by Gasteiger charge is -2.23. The van der Waals surface area contributed by atoms with E-state index in [9.17, 15) is 0 Å². The van der Waals surface area contributed by atoms with Gasteiger partial charge in [0.1, 0.15) is 0 Å². The Kier molecular flexibility index (Phi) is 7.77. The van der Waals surface area contributed by atoms with Gasteiger partial charge in [0.05, 0.1) is 12.6 Å². The second-order valence-corrected chi connectivity index (χ2v) is 7.32. The first kappa shape index (κ1) is 19.2. The quantitative estimate of drug-likeness (QED) is 0.554. The third kappa shape index (κ3) is 5.99. The highest BCUT2D eigenvalue weighted by Gasteiger charge is 2.24. The summed E-state index contributed by atoms with van der Waals surface area (Å²) in [4.78, 5) is 7.44. The molecular formula is C21H34N4O. The highest BCUT2D eigenvalue weighted by atomic mass is 16.5. The molecule has 0 radical (unpaired) electrons. The van der Waals surface area contributed by atoms with E-state index in [1.165, 1.54) is 37.8 Å². The van der Waals surface area contributed by atoms with Crippen molar-refractivity contribution < 1.29 is 4.74 Å². The molecule has 0 amide bonds. The first-order chi connectivity index (χ1) is 12.8. The number of guanidine groups is 1. The fourth-order valence-electron chi connectivity index (χ4n) is 3.89. The molecule has 2 saturated heterocycles. The summed E-state index contributed by atoms with van der Waals surface area (Å²) >= 11 is 0. The highest BCUT2D eigenvalue weighted by molar-refractivity contribution is 5.79. The van der Waals surface area contributed by atoms with Crippen molar-refractivity contribution in [2.24, 2.45) is 4.99 Å². The number of rotatable bonds is 8. The Morgan fingerprint density at radius 1 is 1.19 bits per heavy atom. The van der Waals surface area contributed by atoms with Crippen molar-refractivity contribution in [2.75, 3.05) is 32.8 Å². The highest BCUT2D eigenvalue weighted by Crippen LogP contribution is 2.20. The number of aliphatic imine (C=N–C) groups is 1. The minimum absolute atomic E-state index is 0.432. The molecule has 144 valence electrons. The van der Waals surface area contributed by atoms with Gasteiger partial charge in [0.25, 0.3) is 0 Å². The predicted octanol–water partition coefficient (Wildman–Crippen LogP) is 2.78. The number of nitrogens with zero attached hydrogens (tertiary/aromatic N) is 2. The smallest absolute Gasteiger partial charge is 0.191 e. The fraction of sp³-hybridized carbons (Fsp3) is 0.667. The van der Waals surface area contributed by atoms with Crippen molar-refractivity contribution in [1.29, 1.82) is 0 Å². The first-order valence-corrected chi connectivity index (χ1v) is 10.3. The van der Waals surface area contributed by atoms with Gasteiger partial charge in [0.2, 0.25) is 0 Å². The van der Waals surface area contributed by atoms with E-state index in [4.69, 9.17) is 9.73 Å². The Hall–Kier alpha value is -1.59. The molecule has 2 N–H and O–H groups in total. The Morgan fingerprint density at radius 2 is 2.08 bits per heavy atom. The van der Waals surface area contributed by atoms with Gasteiger partial charge in [0.15, 0.2) is 5.96 Å². The summed E-state index contributed by atoms with van der Waals surface area (Å²) in [5.41, 5.74) is 1.39. The number of benzene rings is 1. The van der Waals surface area contributed by atoms with Crippen LogP contribution in [0.1, 0.15) is 44.6 Å². The van der Waals surface area contributed by atoms with Gasteiger partial charge in [-0.1, -0.05) is 30.3 Å². The maximum Gasteiger partial charge on any atom is 0.191 e. The molecule has 0 spiro atoms. The lowest BCUT2D eigenvalue weighted by molar-refractivity contribution is 0.105. The Balaban J connectivity index is 1.47. The molecule has 1 aromatic rings. The average Bonchev–Trinajstić information content (AvgIpc) is 3.33. The van der Waals surface area contributed by atoms with E-state index >= 15 is 0 Å². The normalized spacial score (nSPS) is 24.1. The second-order valence-electron chi connectivity index (χ2n) is 7.32. The summed E-state index contributed by atoms with van der Waals surface area (Å²) in [5, 5.41) is 6.85. The van der Waals surface area contributed by atoms with Gasteiger partial charge in [0, 0.05) is 32.3 Å². The molecule has 0 bridgehead atoms. The molecule has 2 heterocycles. The zero-order chi connectivity index (χ0) is 18.0. The van der Waals surface area contributed by atoms with Crippen molar-refractivity contribution in [3.63, 3.8) is 0 Å². The average molecular weight is 359 g/mol. The number of nitrogens with one attached hydrogen (secondary N) is 2. The van der Waals surface area contributed by atoms with E-state index in [-0.39, 0.29) is 0 Å². The molecule has 2 aliphatic rings. The minimum atomic E-state index is 0.432. The summed E-state index contributed by atoms with van der Waals surface area (Å²) in [6.45, 7) is 7.94. The van der Waals surface area contributed by atoms with Crippen LogP contribution in [-0.2, 0) is 11.3 Å². The topological polar surface area (TPSA) is 48.9 Å². The van der Waals surface area contributed by atoms with Gasteiger partial charge in [-0.15, -0.1) is 0 Å². The van der Waals surface area contributed by atoms with Crippen LogP contribution >= 0.6 is 0 Å². The zero-order valence-corrected chi connectivity index (χ0v) is 16.1. The number of likely N-dealkylation sites (tertiary alicyclic amines) is 1. The predicted molar refractivity (Wildman–Crippen MR) is 107 cm³/mol. The number of hydrogen-bond donors (Lipinski definition) is 2. The summed E-state index contributed by atoms with van der Waals surface area (Å²) in [6.07, 6.45) is 6.42. The summed E-state index contributed by atoms with van der Waals surface area (Å²) in [7, 11) is 0. The fourth-order valence-corrected chi connectivity index (χ4v) is 3.89. The van der Waals surface area contributed by atoms with Crippen LogP contribution in [0.25, 0.3) is 0 Å². The minimum Gasteiger partial charge on any atom is -0.378 e. The lowest BCUT2D eigenvalue weighted by atomic mass is 10.2. The number of ether oxygens (including phenoxy) is 1. The Morgan fingerprint density at radius 3 is 2.85 bits per heavy atom. The van der Waals surface area contributed by atoms with Crippen molar-refractivity contribution in [3.8, 4) is 0 Å². The van der Waals surface area contributed by atoms with Gasteiger partial charge in [-0.05, 0) is 51.1 Å². The molecule has 2 atom stereocenters. The van der Waals surface area contributed by atoms with Gasteiger partial charge < -0.3 is 15.4 Å². The zero-order valence-electron chi connectivity index (χ0n) is 16.1. The van der Waals surface area contributed by atoms with Gasteiger partial charge in [-0.3, -0.25) is 9.89 Å². The molecule has 0 saturated carbocycles. The molecule has 0 aromatic heterocycles. The van der Waals surface area contributed by atoms with Crippen LogP contribution in [0.4, 0.5) is 0 Å². The largest absolute Gasteiger partial charge is 0.378 e. The van der Waals surface area contributed by atoms with Gasteiger partial charge in [-0.25, -0.2) is 0 Å². The third-order valence-corrected chi connectivity index (χ3v) is 5.31. The van der Waals surface area contributed by atoms with Crippen LogP contribution in [0.5, 0.6) is 0 Å². The van der Waals surface area contributed by atoms with Crippen LogP contribution < -0.4 is 10.6 Å². The molecular weight excluding hydrogens is 324 g/mol.